The summed E-state index contributed by atoms with van der Waals surface area (Å²) in [7, 11) is -3.98. The molecule has 0 unspecified atom stereocenters. The number of nitrogens with zero attached hydrogens (tertiary/aromatic N) is 9. The normalized spacial score (nSPS) is 17.6. The Morgan fingerprint density at radius 3 is 2.53 bits per heavy atom. The van der Waals surface area contributed by atoms with Crippen LogP contribution in [-0.2, 0) is 14.8 Å². The average molecular weight is 652 g/mol. The molecule has 4 aromatic heterocycles. The first-order valence-corrected chi connectivity index (χ1v) is 17.4. The van der Waals surface area contributed by atoms with Crippen LogP contribution >= 0.6 is 0 Å². The third kappa shape index (κ3) is 5.88. The molecule has 2 aliphatic heterocycles. The molecule has 7 rings (SSSR count). The molecule has 2 saturated heterocycles. The van der Waals surface area contributed by atoms with Crippen molar-refractivity contribution < 1.29 is 13.2 Å². The molecule has 1 aromatic carbocycles. The molecule has 0 saturated carbocycles. The van der Waals surface area contributed by atoms with Gasteiger partial charge in [-0.3, -0.25) is 4.68 Å². The molecule has 5 aromatic rings. The molecular weight excluding hydrogens is 615 g/mol. The Balaban J connectivity index is 1.31. The molecule has 12 nitrogen and oxygen atoms in total. The van der Waals surface area contributed by atoms with E-state index in [1.807, 2.05) is 24.7 Å². The molecule has 13 heteroatoms. The van der Waals surface area contributed by atoms with Gasteiger partial charge in [0.15, 0.2) is 5.65 Å². The van der Waals surface area contributed by atoms with Crippen molar-refractivity contribution >= 4 is 27.0 Å². The predicted octanol–water partition coefficient (Wildman–Crippen LogP) is 4.74. The topological polar surface area (TPSA) is 135 Å². The minimum atomic E-state index is -3.98. The number of fused-ring (bicyclic) bond motifs is 1. The van der Waals surface area contributed by atoms with Crippen molar-refractivity contribution in [3.05, 3.63) is 72.9 Å². The van der Waals surface area contributed by atoms with E-state index in [0.717, 1.165) is 38.0 Å². The van der Waals surface area contributed by atoms with Crippen molar-refractivity contribution in [2.45, 2.75) is 50.2 Å². The summed E-state index contributed by atoms with van der Waals surface area (Å²) in [5.41, 5.74) is 3.13. The van der Waals surface area contributed by atoms with E-state index in [9.17, 15) is 13.7 Å². The fourth-order valence-corrected chi connectivity index (χ4v) is 7.84. The van der Waals surface area contributed by atoms with Crippen molar-refractivity contribution in [3.63, 3.8) is 0 Å². The highest BCUT2D eigenvalue weighted by Gasteiger charge is 2.30. The maximum Gasteiger partial charge on any atom is 0.269 e. The zero-order valence-electron chi connectivity index (χ0n) is 26.7. The van der Waals surface area contributed by atoms with E-state index in [2.05, 4.69) is 32.8 Å². The standard InChI is InChI=1S/C34H37N9O3S/c1-4-40-12-10-27(11-13-40)42-21-26(19-38-42)29-22-43(47(44,45)28-8-6-5-7-9-28)33-31(29)39-30(20-37-33)25-16-24(17-35)32(36-18-25)41-14-15-46-34(2,3)23-41/h5-9,16,18-22,27H,4,10-15,23H2,1-3H3. The number of anilines is 1. The first-order valence-electron chi connectivity index (χ1n) is 15.9. The molecule has 0 bridgehead atoms. The molecule has 47 heavy (non-hydrogen) atoms. The minimum absolute atomic E-state index is 0.150. The van der Waals surface area contributed by atoms with Crippen LogP contribution in [0.2, 0.25) is 0 Å². The summed E-state index contributed by atoms with van der Waals surface area (Å²) in [6, 6.07) is 12.6. The molecular formula is C34H37N9O3S. The van der Waals surface area contributed by atoms with Crippen molar-refractivity contribution in [1.82, 2.24) is 33.6 Å². The van der Waals surface area contributed by atoms with Crippen LogP contribution in [0.3, 0.4) is 0 Å². The first kappa shape index (κ1) is 31.0. The van der Waals surface area contributed by atoms with Gasteiger partial charge in [0, 0.05) is 61.5 Å². The van der Waals surface area contributed by atoms with Crippen molar-refractivity contribution in [2.75, 3.05) is 44.2 Å². The largest absolute Gasteiger partial charge is 0.372 e. The predicted molar refractivity (Wildman–Crippen MR) is 178 cm³/mol. The van der Waals surface area contributed by atoms with Gasteiger partial charge in [0.05, 0.1) is 46.8 Å². The smallest absolute Gasteiger partial charge is 0.269 e. The second kappa shape index (κ2) is 12.2. The average Bonchev–Trinajstić information content (AvgIpc) is 3.73. The number of piperidine rings is 1. The first-order chi connectivity index (χ1) is 22.7. The lowest BCUT2D eigenvalue weighted by atomic mass is 10.1. The molecule has 0 spiro atoms. The van der Waals surface area contributed by atoms with Gasteiger partial charge in [-0.2, -0.15) is 10.4 Å². The van der Waals surface area contributed by atoms with Crippen LogP contribution in [0, 0.1) is 11.3 Å². The number of aromatic nitrogens is 6. The summed E-state index contributed by atoms with van der Waals surface area (Å²) >= 11 is 0. The number of rotatable bonds is 7. The summed E-state index contributed by atoms with van der Waals surface area (Å²) < 4.78 is 36.8. The van der Waals surface area contributed by atoms with Gasteiger partial charge in [-0.15, -0.1) is 0 Å². The molecule has 2 fully saturated rings. The Labute approximate surface area is 274 Å². The quantitative estimate of drug-likeness (QED) is 0.243. The van der Waals surface area contributed by atoms with Gasteiger partial charge in [-0.05, 0) is 51.4 Å². The molecule has 0 radical (unpaired) electrons. The van der Waals surface area contributed by atoms with E-state index >= 15 is 0 Å². The van der Waals surface area contributed by atoms with Crippen molar-refractivity contribution in [2.24, 2.45) is 0 Å². The molecule has 242 valence electrons. The monoisotopic (exact) mass is 651 g/mol. The van der Waals surface area contributed by atoms with Crippen LogP contribution < -0.4 is 4.90 Å². The summed E-state index contributed by atoms with van der Waals surface area (Å²) in [6.07, 6.45) is 10.5. The molecule has 2 aliphatic rings. The third-order valence-corrected chi connectivity index (χ3v) is 10.7. The van der Waals surface area contributed by atoms with Crippen molar-refractivity contribution in [1.29, 1.82) is 5.26 Å². The maximum absolute atomic E-state index is 13.9. The molecule has 6 heterocycles. The Morgan fingerprint density at radius 1 is 1.02 bits per heavy atom. The summed E-state index contributed by atoms with van der Waals surface area (Å²) in [5.74, 6) is 0.597. The highest BCUT2D eigenvalue weighted by molar-refractivity contribution is 7.90. The van der Waals surface area contributed by atoms with Crippen LogP contribution in [0.25, 0.3) is 33.5 Å². The number of nitriles is 1. The second-order valence-corrected chi connectivity index (χ2v) is 14.5. The maximum atomic E-state index is 13.9. The molecule has 0 N–H and O–H groups in total. The third-order valence-electron chi connectivity index (χ3n) is 9.06. The minimum Gasteiger partial charge on any atom is -0.372 e. The van der Waals surface area contributed by atoms with Crippen LogP contribution in [0.1, 0.15) is 45.2 Å². The van der Waals surface area contributed by atoms with Gasteiger partial charge in [-0.1, -0.05) is 25.1 Å². The van der Waals surface area contributed by atoms with E-state index in [1.165, 1.54) is 10.2 Å². The Hall–Kier alpha value is -4.64. The number of likely N-dealkylation sites (tertiary alicyclic amines) is 1. The fraction of sp³-hybridized carbons (Fsp3) is 0.382. The van der Waals surface area contributed by atoms with Gasteiger partial charge in [-0.25, -0.2) is 27.3 Å². The second-order valence-electron chi connectivity index (χ2n) is 12.7. The zero-order valence-corrected chi connectivity index (χ0v) is 27.6. The summed E-state index contributed by atoms with van der Waals surface area (Å²) in [4.78, 5) is 18.9. The van der Waals surface area contributed by atoms with E-state index < -0.39 is 10.0 Å². The number of pyridine rings is 1. The number of morpholine rings is 1. The van der Waals surface area contributed by atoms with Crippen molar-refractivity contribution in [3.8, 4) is 28.5 Å². The fourth-order valence-electron chi connectivity index (χ4n) is 6.51. The Morgan fingerprint density at radius 2 is 1.81 bits per heavy atom. The van der Waals surface area contributed by atoms with Crippen LogP contribution in [0.15, 0.2) is 72.3 Å². The highest BCUT2D eigenvalue weighted by atomic mass is 32.2. The Bertz CT molecular complexity index is 2070. The van der Waals surface area contributed by atoms with Crippen LogP contribution in [-0.4, -0.2) is 87.0 Å². The number of hydrogen-bond acceptors (Lipinski definition) is 10. The van der Waals surface area contributed by atoms with Gasteiger partial charge in [0.25, 0.3) is 10.0 Å². The van der Waals surface area contributed by atoms with Crippen LogP contribution in [0.5, 0.6) is 0 Å². The SMILES string of the molecule is CCN1CCC(n2cc(-c3cn(S(=O)(=O)c4ccccc4)c4ncc(-c5cnc(N6CCOC(C)(C)C6)c(C#N)c5)nc34)cn2)CC1. The lowest BCUT2D eigenvalue weighted by Gasteiger charge is -2.39. The number of hydrogen-bond donors (Lipinski definition) is 0. The number of ether oxygens (including phenoxy) is 1. The van der Waals surface area contributed by atoms with Gasteiger partial charge in [0.1, 0.15) is 17.4 Å². The van der Waals surface area contributed by atoms with Gasteiger partial charge < -0.3 is 14.5 Å². The van der Waals surface area contributed by atoms with E-state index in [1.54, 1.807) is 55.0 Å². The summed E-state index contributed by atoms with van der Waals surface area (Å²) in [6.45, 7) is 11.1. The van der Waals surface area contributed by atoms with Crippen LogP contribution in [0.4, 0.5) is 5.82 Å². The molecule has 0 aliphatic carbocycles. The summed E-state index contributed by atoms with van der Waals surface area (Å²) in [5, 5.41) is 14.8. The highest BCUT2D eigenvalue weighted by Crippen LogP contribution is 2.34. The van der Waals surface area contributed by atoms with Gasteiger partial charge >= 0.3 is 0 Å². The molecule has 0 atom stereocenters. The molecule has 0 amide bonds. The van der Waals surface area contributed by atoms with E-state index in [0.29, 0.717) is 53.4 Å². The lowest BCUT2D eigenvalue weighted by molar-refractivity contribution is -0.0279. The van der Waals surface area contributed by atoms with Gasteiger partial charge in [0.2, 0.25) is 0 Å². The van der Waals surface area contributed by atoms with E-state index in [-0.39, 0.29) is 22.2 Å². The van der Waals surface area contributed by atoms with E-state index in [4.69, 9.17) is 14.8 Å². The zero-order chi connectivity index (χ0) is 32.8. The Kier molecular flexibility index (Phi) is 8.03. The lowest BCUT2D eigenvalue weighted by Crippen LogP contribution is -2.48. The number of benzene rings is 1.